The van der Waals surface area contributed by atoms with Crippen LogP contribution in [-0.2, 0) is 17.8 Å². The van der Waals surface area contributed by atoms with Crippen LogP contribution in [0.4, 0.5) is 4.79 Å². The standard InChI is InChI=1S/C19H29N3O2/c1-15(18-7-8-18)21(2)19(23)20-13-16-3-5-17(6-4-16)14-22-9-11-24-12-10-22/h3-6,15,18H,7-14H2,1-2H3,(H,20,23). The van der Waals surface area contributed by atoms with Gasteiger partial charge in [-0.1, -0.05) is 24.3 Å². The van der Waals surface area contributed by atoms with Gasteiger partial charge in [0.15, 0.2) is 0 Å². The first-order valence-corrected chi connectivity index (χ1v) is 9.02. The summed E-state index contributed by atoms with van der Waals surface area (Å²) in [6, 6.07) is 8.90. The maximum absolute atomic E-state index is 12.2. The number of hydrogen-bond donors (Lipinski definition) is 1. The van der Waals surface area contributed by atoms with E-state index in [1.54, 1.807) is 0 Å². The lowest BCUT2D eigenvalue weighted by Gasteiger charge is -2.26. The highest BCUT2D eigenvalue weighted by molar-refractivity contribution is 5.74. The molecule has 1 unspecified atom stereocenters. The number of nitrogens with zero attached hydrogens (tertiary/aromatic N) is 2. The summed E-state index contributed by atoms with van der Waals surface area (Å²) in [6.45, 7) is 7.36. The van der Waals surface area contributed by atoms with E-state index in [1.165, 1.54) is 18.4 Å². The molecule has 1 saturated carbocycles. The quantitative estimate of drug-likeness (QED) is 0.871. The minimum absolute atomic E-state index is 0.0202. The molecule has 5 nitrogen and oxygen atoms in total. The maximum atomic E-state index is 12.2. The molecular formula is C19H29N3O2. The lowest BCUT2D eigenvalue weighted by Crippen LogP contribution is -2.43. The molecule has 2 aliphatic rings. The number of carbonyl (C=O) groups excluding carboxylic acids is 1. The Bertz CT molecular complexity index is 536. The second-order valence-corrected chi connectivity index (χ2v) is 7.05. The number of carbonyl (C=O) groups is 1. The highest BCUT2D eigenvalue weighted by Gasteiger charge is 2.32. The van der Waals surface area contributed by atoms with Gasteiger partial charge in [-0.25, -0.2) is 4.79 Å². The van der Waals surface area contributed by atoms with E-state index >= 15 is 0 Å². The normalized spacial score (nSPS) is 19.8. The third-order valence-electron chi connectivity index (χ3n) is 5.21. The third-order valence-corrected chi connectivity index (χ3v) is 5.21. The predicted octanol–water partition coefficient (Wildman–Crippen LogP) is 2.46. The molecule has 0 spiro atoms. The molecule has 2 fully saturated rings. The van der Waals surface area contributed by atoms with Crippen LogP contribution in [0.25, 0.3) is 0 Å². The molecule has 132 valence electrons. The maximum Gasteiger partial charge on any atom is 0.317 e. The van der Waals surface area contributed by atoms with Crippen molar-refractivity contribution < 1.29 is 9.53 Å². The van der Waals surface area contributed by atoms with E-state index in [9.17, 15) is 4.79 Å². The smallest absolute Gasteiger partial charge is 0.317 e. The first-order chi connectivity index (χ1) is 11.6. The van der Waals surface area contributed by atoms with E-state index < -0.39 is 0 Å². The number of hydrogen-bond acceptors (Lipinski definition) is 3. The van der Waals surface area contributed by atoms with E-state index in [4.69, 9.17) is 4.74 Å². The number of benzene rings is 1. The van der Waals surface area contributed by atoms with E-state index in [0.29, 0.717) is 18.5 Å². The van der Waals surface area contributed by atoms with Crippen LogP contribution in [0.3, 0.4) is 0 Å². The van der Waals surface area contributed by atoms with Gasteiger partial charge in [0.25, 0.3) is 0 Å². The summed E-state index contributed by atoms with van der Waals surface area (Å²) in [5.41, 5.74) is 2.45. The largest absolute Gasteiger partial charge is 0.379 e. The minimum Gasteiger partial charge on any atom is -0.379 e. The van der Waals surface area contributed by atoms with Gasteiger partial charge in [0.05, 0.1) is 13.2 Å². The van der Waals surface area contributed by atoms with Crippen LogP contribution >= 0.6 is 0 Å². The van der Waals surface area contributed by atoms with Crippen LogP contribution in [0.2, 0.25) is 0 Å². The molecule has 1 aromatic carbocycles. The number of urea groups is 1. The second kappa shape index (κ2) is 7.99. The zero-order valence-electron chi connectivity index (χ0n) is 14.8. The molecule has 1 aliphatic carbocycles. The molecule has 0 bridgehead atoms. The molecule has 1 saturated heterocycles. The number of ether oxygens (including phenoxy) is 1. The van der Waals surface area contributed by atoms with Crippen molar-refractivity contribution in [1.82, 2.24) is 15.1 Å². The zero-order chi connectivity index (χ0) is 16.9. The lowest BCUT2D eigenvalue weighted by atomic mass is 10.1. The highest BCUT2D eigenvalue weighted by atomic mass is 16.5. The monoisotopic (exact) mass is 331 g/mol. The first-order valence-electron chi connectivity index (χ1n) is 9.02. The Morgan fingerprint density at radius 1 is 1.25 bits per heavy atom. The van der Waals surface area contributed by atoms with Crippen molar-refractivity contribution in [1.29, 1.82) is 0 Å². The van der Waals surface area contributed by atoms with Crippen LogP contribution in [0.1, 0.15) is 30.9 Å². The van der Waals surface area contributed by atoms with Gasteiger partial charge >= 0.3 is 6.03 Å². The summed E-state index contributed by atoms with van der Waals surface area (Å²) in [5.74, 6) is 0.695. The summed E-state index contributed by atoms with van der Waals surface area (Å²) in [7, 11) is 1.89. The predicted molar refractivity (Wildman–Crippen MR) is 94.7 cm³/mol. The van der Waals surface area contributed by atoms with Gasteiger partial charge in [0.1, 0.15) is 0 Å². The molecule has 1 atom stereocenters. The Hall–Kier alpha value is -1.59. The molecule has 2 amide bonds. The van der Waals surface area contributed by atoms with Crippen LogP contribution < -0.4 is 5.32 Å². The summed E-state index contributed by atoms with van der Waals surface area (Å²) in [6.07, 6.45) is 2.51. The van der Waals surface area contributed by atoms with Gasteiger partial charge in [0.2, 0.25) is 0 Å². The summed E-state index contributed by atoms with van der Waals surface area (Å²) in [5, 5.41) is 3.02. The summed E-state index contributed by atoms with van der Waals surface area (Å²) in [4.78, 5) is 16.5. The van der Waals surface area contributed by atoms with Crippen molar-refractivity contribution in [3.05, 3.63) is 35.4 Å². The van der Waals surface area contributed by atoms with Gasteiger partial charge < -0.3 is 15.0 Å². The molecule has 1 aliphatic heterocycles. The highest BCUT2D eigenvalue weighted by Crippen LogP contribution is 2.34. The van der Waals surface area contributed by atoms with Crippen LogP contribution in [0.5, 0.6) is 0 Å². The Balaban J connectivity index is 1.44. The zero-order valence-corrected chi connectivity index (χ0v) is 14.8. The molecule has 3 rings (SSSR count). The number of nitrogens with one attached hydrogen (secondary N) is 1. The van der Waals surface area contributed by atoms with Crippen LogP contribution in [-0.4, -0.2) is 55.2 Å². The molecule has 1 heterocycles. The molecule has 1 N–H and O–H groups in total. The molecular weight excluding hydrogens is 302 g/mol. The molecule has 24 heavy (non-hydrogen) atoms. The van der Waals surface area contributed by atoms with E-state index in [-0.39, 0.29) is 6.03 Å². The van der Waals surface area contributed by atoms with Crippen LogP contribution in [0.15, 0.2) is 24.3 Å². The molecule has 0 radical (unpaired) electrons. The average molecular weight is 331 g/mol. The number of rotatable bonds is 6. The fourth-order valence-electron chi connectivity index (χ4n) is 3.16. The molecule has 1 aromatic rings. The van der Waals surface area contributed by atoms with Crippen molar-refractivity contribution >= 4 is 6.03 Å². The number of morpholine rings is 1. The topological polar surface area (TPSA) is 44.8 Å². The van der Waals surface area contributed by atoms with Crippen molar-refractivity contribution in [2.75, 3.05) is 33.4 Å². The SMILES string of the molecule is CC(C1CC1)N(C)C(=O)NCc1ccc(CN2CCOCC2)cc1. The Morgan fingerprint density at radius 2 is 1.88 bits per heavy atom. The van der Waals surface area contributed by atoms with Gasteiger partial charge in [-0.2, -0.15) is 0 Å². The van der Waals surface area contributed by atoms with Crippen LogP contribution in [0, 0.1) is 5.92 Å². The van der Waals surface area contributed by atoms with E-state index in [2.05, 4.69) is 41.4 Å². The summed E-state index contributed by atoms with van der Waals surface area (Å²) >= 11 is 0. The minimum atomic E-state index is 0.0202. The van der Waals surface area contributed by atoms with Gasteiger partial charge in [0, 0.05) is 39.3 Å². The third kappa shape index (κ3) is 4.71. The van der Waals surface area contributed by atoms with Crippen molar-refractivity contribution in [2.24, 2.45) is 5.92 Å². The Labute approximate surface area is 145 Å². The molecule has 5 heteroatoms. The molecule has 0 aromatic heterocycles. The fraction of sp³-hybridized carbons (Fsp3) is 0.632. The lowest BCUT2D eigenvalue weighted by molar-refractivity contribution is 0.0342. The van der Waals surface area contributed by atoms with Crippen molar-refractivity contribution in [3.8, 4) is 0 Å². The second-order valence-electron chi connectivity index (χ2n) is 7.05. The van der Waals surface area contributed by atoms with E-state index in [1.807, 2.05) is 11.9 Å². The van der Waals surface area contributed by atoms with E-state index in [0.717, 1.165) is 38.4 Å². The van der Waals surface area contributed by atoms with Crippen molar-refractivity contribution in [2.45, 2.75) is 38.9 Å². The Kier molecular flexibility index (Phi) is 5.74. The average Bonchev–Trinajstić information content (AvgIpc) is 3.45. The first kappa shape index (κ1) is 17.2. The Morgan fingerprint density at radius 3 is 2.50 bits per heavy atom. The fourth-order valence-corrected chi connectivity index (χ4v) is 3.16. The number of amides is 2. The van der Waals surface area contributed by atoms with Gasteiger partial charge in [-0.15, -0.1) is 0 Å². The van der Waals surface area contributed by atoms with Crippen molar-refractivity contribution in [3.63, 3.8) is 0 Å². The van der Waals surface area contributed by atoms with Gasteiger partial charge in [-0.3, -0.25) is 4.90 Å². The van der Waals surface area contributed by atoms with Gasteiger partial charge in [-0.05, 0) is 36.8 Å². The summed E-state index contributed by atoms with van der Waals surface area (Å²) < 4.78 is 5.38.